The molecule has 0 saturated carbocycles. The quantitative estimate of drug-likeness (QED) is 0.697. The zero-order chi connectivity index (χ0) is 21.3. The Hall–Kier alpha value is -3.63. The van der Waals surface area contributed by atoms with E-state index < -0.39 is 23.6 Å². The molecule has 0 aliphatic heterocycles. The monoisotopic (exact) mass is 406 g/mol. The third kappa shape index (κ3) is 4.45. The Morgan fingerprint density at radius 2 is 1.79 bits per heavy atom. The average molecular weight is 406 g/mol. The molecule has 0 spiro atoms. The van der Waals surface area contributed by atoms with E-state index in [1.807, 2.05) is 0 Å². The summed E-state index contributed by atoms with van der Waals surface area (Å²) in [7, 11) is 3.32. The SMILES string of the molecule is Cc1c(NC(=O)c2cc(NC(=O)c3cn(C)cn3)cc(C(F)(F)F)c2)cnn1C. The molecule has 0 bridgehead atoms. The standard InChI is InChI=1S/C18H17F3N6O2/c1-10-14(7-23-27(10)3)25-16(28)11-4-12(18(19,20)21)6-13(5-11)24-17(29)15-8-26(2)9-22-15/h4-9H,1-3H3,(H,24,29)(H,25,28). The Balaban J connectivity index is 1.92. The van der Waals surface area contributed by atoms with Gasteiger partial charge >= 0.3 is 6.18 Å². The molecule has 2 aromatic heterocycles. The van der Waals surface area contributed by atoms with Crippen molar-refractivity contribution in [1.82, 2.24) is 19.3 Å². The first-order valence-corrected chi connectivity index (χ1v) is 8.36. The van der Waals surface area contributed by atoms with Gasteiger partial charge in [0, 0.05) is 31.5 Å². The summed E-state index contributed by atoms with van der Waals surface area (Å²) in [5, 5.41) is 8.84. The number of carbonyl (C=O) groups is 2. The van der Waals surface area contributed by atoms with E-state index in [9.17, 15) is 22.8 Å². The van der Waals surface area contributed by atoms with Crippen LogP contribution in [0.2, 0.25) is 0 Å². The number of nitrogens with one attached hydrogen (secondary N) is 2. The Labute approximate surface area is 163 Å². The summed E-state index contributed by atoms with van der Waals surface area (Å²) in [5.74, 6) is -1.46. The summed E-state index contributed by atoms with van der Waals surface area (Å²) in [6, 6.07) is 2.64. The average Bonchev–Trinajstić information content (AvgIpc) is 3.21. The van der Waals surface area contributed by atoms with E-state index in [0.717, 1.165) is 18.2 Å². The molecule has 3 aromatic rings. The maximum Gasteiger partial charge on any atom is 0.416 e. The van der Waals surface area contributed by atoms with Gasteiger partial charge in [-0.3, -0.25) is 14.3 Å². The number of hydrogen-bond acceptors (Lipinski definition) is 4. The number of alkyl halides is 3. The van der Waals surface area contributed by atoms with E-state index in [4.69, 9.17) is 0 Å². The van der Waals surface area contributed by atoms with E-state index in [-0.39, 0.29) is 16.9 Å². The molecule has 1 aromatic carbocycles. The predicted molar refractivity (Wildman–Crippen MR) is 98.5 cm³/mol. The van der Waals surface area contributed by atoms with Crippen LogP contribution in [-0.4, -0.2) is 31.1 Å². The molecular weight excluding hydrogens is 389 g/mol. The molecule has 11 heteroatoms. The second kappa shape index (κ2) is 7.41. The summed E-state index contributed by atoms with van der Waals surface area (Å²) in [6.45, 7) is 1.70. The van der Waals surface area contributed by atoms with Crippen molar-refractivity contribution in [2.24, 2.45) is 14.1 Å². The van der Waals surface area contributed by atoms with Crippen LogP contribution < -0.4 is 10.6 Å². The van der Waals surface area contributed by atoms with Gasteiger partial charge in [-0.05, 0) is 25.1 Å². The molecule has 152 valence electrons. The second-order valence-corrected chi connectivity index (χ2v) is 6.40. The van der Waals surface area contributed by atoms with Gasteiger partial charge in [-0.2, -0.15) is 18.3 Å². The van der Waals surface area contributed by atoms with Crippen LogP contribution in [0.5, 0.6) is 0 Å². The molecule has 0 fully saturated rings. The number of benzene rings is 1. The fraction of sp³-hybridized carbons (Fsp3) is 0.222. The van der Waals surface area contributed by atoms with E-state index in [1.54, 1.807) is 21.0 Å². The van der Waals surface area contributed by atoms with Crippen molar-refractivity contribution in [3.05, 3.63) is 59.4 Å². The van der Waals surface area contributed by atoms with Gasteiger partial charge in [0.2, 0.25) is 0 Å². The number of aromatic nitrogens is 4. The number of imidazole rings is 1. The lowest BCUT2D eigenvalue weighted by Crippen LogP contribution is -2.17. The Bertz CT molecular complexity index is 1080. The molecule has 0 aliphatic carbocycles. The van der Waals surface area contributed by atoms with Crippen molar-refractivity contribution in [1.29, 1.82) is 0 Å². The Morgan fingerprint density at radius 3 is 2.34 bits per heavy atom. The molecule has 2 amide bonds. The fourth-order valence-electron chi connectivity index (χ4n) is 2.54. The smallest absolute Gasteiger partial charge is 0.340 e. The first-order chi connectivity index (χ1) is 13.5. The van der Waals surface area contributed by atoms with Gasteiger partial charge in [0.05, 0.1) is 29.5 Å². The van der Waals surface area contributed by atoms with Crippen molar-refractivity contribution in [3.63, 3.8) is 0 Å². The molecule has 0 atom stereocenters. The summed E-state index contributed by atoms with van der Waals surface area (Å²) < 4.78 is 42.9. The number of anilines is 2. The number of rotatable bonds is 4. The van der Waals surface area contributed by atoms with Gasteiger partial charge in [0.25, 0.3) is 11.8 Å². The van der Waals surface area contributed by atoms with Gasteiger partial charge in [-0.15, -0.1) is 0 Å². The molecule has 29 heavy (non-hydrogen) atoms. The van der Waals surface area contributed by atoms with Crippen LogP contribution in [0.4, 0.5) is 24.5 Å². The number of halogens is 3. The number of amides is 2. The van der Waals surface area contributed by atoms with Gasteiger partial charge in [0.15, 0.2) is 0 Å². The summed E-state index contributed by atoms with van der Waals surface area (Å²) in [6.07, 6.45) is -0.506. The van der Waals surface area contributed by atoms with Crippen LogP contribution in [0.3, 0.4) is 0 Å². The first kappa shape index (κ1) is 20.1. The highest BCUT2D eigenvalue weighted by Gasteiger charge is 2.32. The maximum atomic E-state index is 13.3. The highest BCUT2D eigenvalue weighted by molar-refractivity contribution is 6.07. The zero-order valence-electron chi connectivity index (χ0n) is 15.7. The van der Waals surface area contributed by atoms with E-state index in [1.165, 1.54) is 28.0 Å². The maximum absolute atomic E-state index is 13.3. The number of hydrogen-bond donors (Lipinski definition) is 2. The normalized spacial score (nSPS) is 11.4. The summed E-state index contributed by atoms with van der Waals surface area (Å²) >= 11 is 0. The molecule has 0 aliphatic rings. The van der Waals surface area contributed by atoms with E-state index >= 15 is 0 Å². The number of carbonyl (C=O) groups excluding carboxylic acids is 2. The molecule has 0 unspecified atom stereocenters. The minimum absolute atomic E-state index is 0.0295. The van der Waals surface area contributed by atoms with E-state index in [2.05, 4.69) is 20.7 Å². The van der Waals surface area contributed by atoms with Crippen LogP contribution >= 0.6 is 0 Å². The number of nitrogens with zero attached hydrogens (tertiary/aromatic N) is 4. The minimum Gasteiger partial charge on any atom is -0.340 e. The fourth-order valence-corrected chi connectivity index (χ4v) is 2.54. The lowest BCUT2D eigenvalue weighted by atomic mass is 10.1. The highest BCUT2D eigenvalue weighted by atomic mass is 19.4. The van der Waals surface area contributed by atoms with Crippen molar-refractivity contribution in [2.75, 3.05) is 10.6 Å². The van der Waals surface area contributed by atoms with Crippen LogP contribution in [-0.2, 0) is 20.3 Å². The first-order valence-electron chi connectivity index (χ1n) is 8.36. The van der Waals surface area contributed by atoms with Crippen molar-refractivity contribution >= 4 is 23.2 Å². The largest absolute Gasteiger partial charge is 0.416 e. The third-order valence-corrected chi connectivity index (χ3v) is 4.20. The Morgan fingerprint density at radius 1 is 1.07 bits per heavy atom. The Kier molecular flexibility index (Phi) is 5.14. The van der Waals surface area contributed by atoms with Crippen molar-refractivity contribution in [2.45, 2.75) is 13.1 Å². The third-order valence-electron chi connectivity index (χ3n) is 4.20. The highest BCUT2D eigenvalue weighted by Crippen LogP contribution is 2.32. The van der Waals surface area contributed by atoms with Gasteiger partial charge in [-0.25, -0.2) is 4.98 Å². The zero-order valence-corrected chi connectivity index (χ0v) is 15.7. The molecule has 3 rings (SSSR count). The molecule has 2 N–H and O–H groups in total. The van der Waals surface area contributed by atoms with Crippen molar-refractivity contribution < 1.29 is 22.8 Å². The number of aryl methyl sites for hydroxylation is 2. The molecule has 8 nitrogen and oxygen atoms in total. The summed E-state index contributed by atoms with van der Waals surface area (Å²) in [5.41, 5.74) is -0.475. The van der Waals surface area contributed by atoms with Crippen molar-refractivity contribution in [3.8, 4) is 0 Å². The predicted octanol–water partition coefficient (Wildman–Crippen LogP) is 2.99. The lowest BCUT2D eigenvalue weighted by molar-refractivity contribution is -0.137. The van der Waals surface area contributed by atoms with Gasteiger partial charge in [-0.1, -0.05) is 0 Å². The molecule has 0 radical (unpaired) electrons. The van der Waals surface area contributed by atoms with E-state index in [0.29, 0.717) is 11.4 Å². The topological polar surface area (TPSA) is 93.8 Å². The van der Waals surface area contributed by atoms with Crippen LogP contribution in [0.25, 0.3) is 0 Å². The van der Waals surface area contributed by atoms with Crippen LogP contribution in [0, 0.1) is 6.92 Å². The van der Waals surface area contributed by atoms with Gasteiger partial charge in [0.1, 0.15) is 5.69 Å². The second-order valence-electron chi connectivity index (χ2n) is 6.40. The van der Waals surface area contributed by atoms with Crippen LogP contribution in [0.15, 0.2) is 36.9 Å². The minimum atomic E-state index is -4.70. The van der Waals surface area contributed by atoms with Gasteiger partial charge < -0.3 is 15.2 Å². The lowest BCUT2D eigenvalue weighted by Gasteiger charge is -2.13. The molecule has 0 saturated heterocycles. The molecular formula is C18H17F3N6O2. The summed E-state index contributed by atoms with van der Waals surface area (Å²) in [4.78, 5) is 28.6. The molecule has 2 heterocycles. The van der Waals surface area contributed by atoms with Crippen LogP contribution in [0.1, 0.15) is 32.1 Å².